The Labute approximate surface area is 180 Å². The van der Waals surface area contributed by atoms with E-state index in [9.17, 15) is 15.0 Å². The van der Waals surface area contributed by atoms with E-state index in [2.05, 4.69) is 31.7 Å². The van der Waals surface area contributed by atoms with Gasteiger partial charge in [-0.05, 0) is 60.2 Å². The maximum absolute atomic E-state index is 11.7. The normalized spacial score (nSPS) is 34.2. The number of nitrogens with zero attached hydrogens (tertiary/aromatic N) is 1. The SMILES string of the molecule is C=C1C(=CC=C2CCC[C@]3(C)C(COCCC(=O)N(C)C)=CC[C@@H]23)CC(O)CC1O. The van der Waals surface area contributed by atoms with Crippen molar-refractivity contribution in [2.45, 2.75) is 64.1 Å². The molecule has 2 fully saturated rings. The van der Waals surface area contributed by atoms with E-state index in [1.807, 2.05) is 0 Å². The third kappa shape index (κ3) is 4.96. The Hall–Kier alpha value is -1.69. The molecule has 5 nitrogen and oxygen atoms in total. The predicted octanol–water partition coefficient (Wildman–Crippen LogP) is 3.54. The van der Waals surface area contributed by atoms with Gasteiger partial charge in [-0.15, -0.1) is 0 Å². The second-order valence-corrected chi connectivity index (χ2v) is 9.45. The second kappa shape index (κ2) is 9.63. The predicted molar refractivity (Wildman–Crippen MR) is 119 cm³/mol. The van der Waals surface area contributed by atoms with E-state index in [0.29, 0.717) is 38.4 Å². The summed E-state index contributed by atoms with van der Waals surface area (Å²) in [4.78, 5) is 13.3. The Morgan fingerprint density at radius 2 is 2.13 bits per heavy atom. The summed E-state index contributed by atoms with van der Waals surface area (Å²) in [6.07, 6.45) is 11.2. The van der Waals surface area contributed by atoms with Crippen molar-refractivity contribution in [3.05, 3.63) is 47.1 Å². The molecule has 30 heavy (non-hydrogen) atoms. The van der Waals surface area contributed by atoms with Gasteiger partial charge in [0.25, 0.3) is 0 Å². The Morgan fingerprint density at radius 3 is 2.87 bits per heavy atom. The van der Waals surface area contributed by atoms with Gasteiger partial charge >= 0.3 is 0 Å². The molecule has 0 aromatic heterocycles. The van der Waals surface area contributed by atoms with E-state index in [-0.39, 0.29) is 11.3 Å². The number of aliphatic hydroxyl groups excluding tert-OH is 2. The number of amides is 1. The largest absolute Gasteiger partial charge is 0.393 e. The molecule has 3 rings (SSSR count). The molecule has 4 atom stereocenters. The smallest absolute Gasteiger partial charge is 0.224 e. The van der Waals surface area contributed by atoms with Crippen LogP contribution in [0.25, 0.3) is 0 Å². The topological polar surface area (TPSA) is 70.0 Å². The molecule has 2 saturated carbocycles. The lowest BCUT2D eigenvalue weighted by Gasteiger charge is -2.41. The van der Waals surface area contributed by atoms with Crippen LogP contribution in [0.3, 0.4) is 0 Å². The van der Waals surface area contributed by atoms with Crippen LogP contribution < -0.4 is 0 Å². The van der Waals surface area contributed by atoms with E-state index in [4.69, 9.17) is 4.74 Å². The highest BCUT2D eigenvalue weighted by molar-refractivity contribution is 5.75. The maximum atomic E-state index is 11.7. The first-order valence-corrected chi connectivity index (χ1v) is 11.1. The Kier molecular flexibility index (Phi) is 7.38. The van der Waals surface area contributed by atoms with Gasteiger partial charge < -0.3 is 19.8 Å². The van der Waals surface area contributed by atoms with Crippen LogP contribution in [0.5, 0.6) is 0 Å². The molecule has 0 radical (unpaired) electrons. The first-order chi connectivity index (χ1) is 14.2. The second-order valence-electron chi connectivity index (χ2n) is 9.45. The van der Waals surface area contributed by atoms with Crippen LogP contribution in [-0.4, -0.2) is 60.5 Å². The Bertz CT molecular complexity index is 763. The number of carbonyl (C=O) groups is 1. The molecular weight excluding hydrogens is 378 g/mol. The monoisotopic (exact) mass is 415 g/mol. The van der Waals surface area contributed by atoms with E-state index in [1.165, 1.54) is 11.1 Å². The standard InChI is InChI=1S/C25H37NO4/c1-17-19(14-21(27)15-23(17)28)8-7-18-6-5-12-25(2)20(9-10-22(18)25)16-30-13-11-24(29)26(3)4/h7-9,21-23,27-28H,1,5-6,10-16H2,2-4H3/t21?,22-,23?,25+/m0/s1. The zero-order chi connectivity index (χ0) is 21.9. The van der Waals surface area contributed by atoms with Crippen LogP contribution in [0.15, 0.2) is 47.1 Å². The average molecular weight is 416 g/mol. The lowest BCUT2D eigenvalue weighted by Crippen LogP contribution is -2.32. The van der Waals surface area contributed by atoms with Gasteiger partial charge in [-0.1, -0.05) is 37.3 Å². The van der Waals surface area contributed by atoms with Crippen LogP contribution in [-0.2, 0) is 9.53 Å². The zero-order valence-electron chi connectivity index (χ0n) is 18.7. The number of ether oxygens (including phenoxy) is 1. The zero-order valence-corrected chi connectivity index (χ0v) is 18.7. The fraction of sp³-hybridized carbons (Fsp3) is 0.640. The minimum absolute atomic E-state index is 0.0925. The summed E-state index contributed by atoms with van der Waals surface area (Å²) in [5, 5.41) is 20.1. The summed E-state index contributed by atoms with van der Waals surface area (Å²) in [6, 6.07) is 0. The molecule has 0 saturated heterocycles. The highest BCUT2D eigenvalue weighted by Gasteiger charge is 2.44. The number of carbonyl (C=O) groups excluding carboxylic acids is 1. The molecule has 0 aliphatic heterocycles. The average Bonchev–Trinajstić information content (AvgIpc) is 3.03. The molecule has 0 aromatic rings. The summed E-state index contributed by atoms with van der Waals surface area (Å²) in [5.74, 6) is 0.562. The van der Waals surface area contributed by atoms with Gasteiger partial charge in [0.2, 0.25) is 5.91 Å². The van der Waals surface area contributed by atoms with Crippen LogP contribution in [0.2, 0.25) is 0 Å². The molecule has 0 heterocycles. The summed E-state index contributed by atoms with van der Waals surface area (Å²) in [7, 11) is 3.53. The van der Waals surface area contributed by atoms with Gasteiger partial charge in [-0.2, -0.15) is 0 Å². The van der Waals surface area contributed by atoms with Crippen LogP contribution in [0.1, 0.15) is 51.9 Å². The number of allylic oxidation sites excluding steroid dienone is 4. The van der Waals surface area contributed by atoms with Crippen molar-refractivity contribution in [1.29, 1.82) is 0 Å². The van der Waals surface area contributed by atoms with E-state index in [1.54, 1.807) is 19.0 Å². The highest BCUT2D eigenvalue weighted by Crippen LogP contribution is 2.54. The van der Waals surface area contributed by atoms with Crippen molar-refractivity contribution < 1.29 is 19.7 Å². The molecule has 0 spiro atoms. The fourth-order valence-electron chi connectivity index (χ4n) is 5.16. The van der Waals surface area contributed by atoms with Crippen molar-refractivity contribution in [3.8, 4) is 0 Å². The molecule has 2 unspecified atom stereocenters. The van der Waals surface area contributed by atoms with E-state index < -0.39 is 12.2 Å². The lowest BCUT2D eigenvalue weighted by atomic mass is 9.64. The van der Waals surface area contributed by atoms with Crippen molar-refractivity contribution in [2.24, 2.45) is 11.3 Å². The van der Waals surface area contributed by atoms with Gasteiger partial charge in [-0.3, -0.25) is 4.79 Å². The molecular formula is C25H37NO4. The lowest BCUT2D eigenvalue weighted by molar-refractivity contribution is -0.129. The first kappa shape index (κ1) is 23.0. The minimum atomic E-state index is -0.647. The maximum Gasteiger partial charge on any atom is 0.224 e. The van der Waals surface area contributed by atoms with Crippen molar-refractivity contribution in [3.63, 3.8) is 0 Å². The molecule has 166 valence electrons. The van der Waals surface area contributed by atoms with Gasteiger partial charge in [0.05, 0.1) is 31.8 Å². The fourth-order valence-corrected chi connectivity index (χ4v) is 5.16. The molecule has 2 N–H and O–H groups in total. The van der Waals surface area contributed by atoms with Gasteiger partial charge in [-0.25, -0.2) is 0 Å². The third-order valence-corrected chi connectivity index (χ3v) is 7.19. The highest BCUT2D eigenvalue weighted by atomic mass is 16.5. The molecule has 3 aliphatic rings. The van der Waals surface area contributed by atoms with E-state index in [0.717, 1.165) is 36.8 Å². The van der Waals surface area contributed by atoms with Crippen molar-refractivity contribution in [2.75, 3.05) is 27.3 Å². The van der Waals surface area contributed by atoms with Gasteiger partial charge in [0, 0.05) is 20.5 Å². The van der Waals surface area contributed by atoms with Crippen molar-refractivity contribution in [1.82, 2.24) is 4.90 Å². The number of hydrogen-bond acceptors (Lipinski definition) is 4. The van der Waals surface area contributed by atoms with E-state index >= 15 is 0 Å². The summed E-state index contributed by atoms with van der Waals surface area (Å²) >= 11 is 0. The third-order valence-electron chi connectivity index (χ3n) is 7.19. The number of aliphatic hydroxyl groups is 2. The first-order valence-electron chi connectivity index (χ1n) is 11.1. The Morgan fingerprint density at radius 1 is 1.37 bits per heavy atom. The van der Waals surface area contributed by atoms with Crippen LogP contribution in [0.4, 0.5) is 0 Å². The minimum Gasteiger partial charge on any atom is -0.393 e. The Balaban J connectivity index is 1.63. The number of fused-ring (bicyclic) bond motifs is 1. The summed E-state index contributed by atoms with van der Waals surface area (Å²) in [6.45, 7) is 7.41. The van der Waals surface area contributed by atoms with Crippen molar-refractivity contribution >= 4 is 5.91 Å². The molecule has 1 amide bonds. The van der Waals surface area contributed by atoms with Crippen LogP contribution >= 0.6 is 0 Å². The number of hydrogen-bond donors (Lipinski definition) is 2. The molecule has 5 heteroatoms. The molecule has 0 bridgehead atoms. The molecule has 0 aromatic carbocycles. The number of rotatable bonds is 6. The van der Waals surface area contributed by atoms with Gasteiger partial charge in [0.15, 0.2) is 0 Å². The van der Waals surface area contributed by atoms with Gasteiger partial charge in [0.1, 0.15) is 0 Å². The molecule has 3 aliphatic carbocycles. The summed E-state index contributed by atoms with van der Waals surface area (Å²) in [5.41, 5.74) is 4.60. The summed E-state index contributed by atoms with van der Waals surface area (Å²) < 4.78 is 5.87. The van der Waals surface area contributed by atoms with Crippen LogP contribution in [0, 0.1) is 11.3 Å². The quantitative estimate of drug-likeness (QED) is 0.514.